The van der Waals surface area contributed by atoms with E-state index in [4.69, 9.17) is 0 Å². The number of halogens is 1. The summed E-state index contributed by atoms with van der Waals surface area (Å²) in [5, 5.41) is 6.53. The number of rotatable bonds is 6. The molecule has 2 aromatic rings. The highest BCUT2D eigenvalue weighted by Gasteiger charge is 2.27. The van der Waals surface area contributed by atoms with Crippen molar-refractivity contribution < 1.29 is 4.79 Å². The maximum atomic E-state index is 12.5. The second-order valence-electron chi connectivity index (χ2n) is 5.93. The molecule has 2 aromatic carbocycles. The number of hydrogen-bond acceptors (Lipinski definition) is 2. The van der Waals surface area contributed by atoms with Gasteiger partial charge >= 0.3 is 0 Å². The predicted octanol–water partition coefficient (Wildman–Crippen LogP) is 3.45. The normalized spacial score (nSPS) is 14.9. The van der Waals surface area contributed by atoms with Gasteiger partial charge in [-0.2, -0.15) is 0 Å². The standard InChI is InChI=1S/C19H22N2O.ClH/c1-14(20-17-12-13-17)19(22)21-18(15-8-4-2-5-9-15)16-10-6-3-7-11-16;/h2-11,14,17-18,20H,12-13H2,1H3,(H,21,22);1H. The van der Waals surface area contributed by atoms with Crippen LogP contribution in [0.1, 0.15) is 36.9 Å². The zero-order valence-electron chi connectivity index (χ0n) is 13.2. The van der Waals surface area contributed by atoms with Crippen LogP contribution in [0, 0.1) is 0 Å². The smallest absolute Gasteiger partial charge is 0.237 e. The van der Waals surface area contributed by atoms with E-state index in [1.807, 2.05) is 43.3 Å². The van der Waals surface area contributed by atoms with Gasteiger partial charge in [-0.05, 0) is 30.9 Å². The Labute approximate surface area is 143 Å². The van der Waals surface area contributed by atoms with Crippen molar-refractivity contribution in [1.82, 2.24) is 10.6 Å². The summed E-state index contributed by atoms with van der Waals surface area (Å²) >= 11 is 0. The molecule has 1 unspecified atom stereocenters. The lowest BCUT2D eigenvalue weighted by Crippen LogP contribution is -2.44. The minimum Gasteiger partial charge on any atom is -0.344 e. The SMILES string of the molecule is CC(NC1CC1)C(=O)NC(c1ccccc1)c1ccccc1.Cl. The quantitative estimate of drug-likeness (QED) is 0.851. The van der Waals surface area contributed by atoms with Crippen LogP contribution in [-0.4, -0.2) is 18.0 Å². The van der Waals surface area contributed by atoms with Crippen molar-refractivity contribution in [3.05, 3.63) is 71.8 Å². The van der Waals surface area contributed by atoms with Crippen LogP contribution in [-0.2, 0) is 4.79 Å². The Kier molecular flexibility index (Phi) is 6.20. The number of carbonyl (C=O) groups is 1. The van der Waals surface area contributed by atoms with E-state index < -0.39 is 0 Å². The first-order valence-electron chi connectivity index (χ1n) is 7.90. The molecule has 0 aromatic heterocycles. The number of nitrogens with one attached hydrogen (secondary N) is 2. The summed E-state index contributed by atoms with van der Waals surface area (Å²) in [4.78, 5) is 12.5. The molecule has 122 valence electrons. The summed E-state index contributed by atoms with van der Waals surface area (Å²) in [5.41, 5.74) is 2.20. The molecule has 23 heavy (non-hydrogen) atoms. The van der Waals surface area contributed by atoms with Gasteiger partial charge in [-0.3, -0.25) is 4.79 Å². The van der Waals surface area contributed by atoms with Crippen LogP contribution < -0.4 is 10.6 Å². The maximum absolute atomic E-state index is 12.5. The molecular formula is C19H23ClN2O. The van der Waals surface area contributed by atoms with E-state index in [0.29, 0.717) is 6.04 Å². The molecule has 0 saturated heterocycles. The number of hydrogen-bond donors (Lipinski definition) is 2. The Bertz CT molecular complexity index is 574. The van der Waals surface area contributed by atoms with Crippen LogP contribution in [0.5, 0.6) is 0 Å². The summed E-state index contributed by atoms with van der Waals surface area (Å²) in [6.07, 6.45) is 2.36. The van der Waals surface area contributed by atoms with Crippen molar-refractivity contribution >= 4 is 18.3 Å². The largest absolute Gasteiger partial charge is 0.344 e. The van der Waals surface area contributed by atoms with E-state index in [1.165, 1.54) is 12.8 Å². The zero-order chi connectivity index (χ0) is 15.4. The molecule has 0 heterocycles. The third kappa shape index (κ3) is 4.81. The topological polar surface area (TPSA) is 41.1 Å². The fourth-order valence-electron chi connectivity index (χ4n) is 2.60. The second kappa shape index (κ2) is 8.14. The predicted molar refractivity (Wildman–Crippen MR) is 95.7 cm³/mol. The van der Waals surface area contributed by atoms with Crippen LogP contribution in [0.3, 0.4) is 0 Å². The minimum atomic E-state index is -0.164. The fraction of sp³-hybridized carbons (Fsp3) is 0.316. The molecule has 1 saturated carbocycles. The third-order valence-electron chi connectivity index (χ3n) is 4.01. The van der Waals surface area contributed by atoms with Crippen LogP contribution in [0.2, 0.25) is 0 Å². The molecular weight excluding hydrogens is 308 g/mol. The lowest BCUT2D eigenvalue weighted by Gasteiger charge is -2.22. The van der Waals surface area contributed by atoms with Crippen molar-refractivity contribution in [3.8, 4) is 0 Å². The van der Waals surface area contributed by atoms with Gasteiger partial charge in [-0.25, -0.2) is 0 Å². The van der Waals surface area contributed by atoms with Crippen molar-refractivity contribution in [2.45, 2.75) is 37.9 Å². The average Bonchev–Trinajstić information content (AvgIpc) is 3.38. The Morgan fingerprint density at radius 3 is 1.87 bits per heavy atom. The van der Waals surface area contributed by atoms with Gasteiger partial charge in [-0.15, -0.1) is 12.4 Å². The van der Waals surface area contributed by atoms with Crippen molar-refractivity contribution in [2.24, 2.45) is 0 Å². The van der Waals surface area contributed by atoms with Gasteiger partial charge in [0.1, 0.15) is 0 Å². The molecule has 1 aliphatic carbocycles. The molecule has 3 nitrogen and oxygen atoms in total. The molecule has 4 heteroatoms. The first kappa shape index (κ1) is 17.5. The van der Waals surface area contributed by atoms with E-state index in [1.54, 1.807) is 0 Å². The molecule has 0 spiro atoms. The Morgan fingerprint density at radius 1 is 0.957 bits per heavy atom. The summed E-state index contributed by atoms with van der Waals surface area (Å²) < 4.78 is 0. The molecule has 0 aliphatic heterocycles. The Morgan fingerprint density at radius 2 is 1.43 bits per heavy atom. The molecule has 3 rings (SSSR count). The van der Waals surface area contributed by atoms with E-state index in [0.717, 1.165) is 11.1 Å². The molecule has 0 radical (unpaired) electrons. The second-order valence-corrected chi connectivity index (χ2v) is 5.93. The average molecular weight is 331 g/mol. The summed E-state index contributed by atoms with van der Waals surface area (Å²) in [5.74, 6) is 0.0459. The van der Waals surface area contributed by atoms with Gasteiger partial charge in [0.2, 0.25) is 5.91 Å². The van der Waals surface area contributed by atoms with Crippen molar-refractivity contribution in [3.63, 3.8) is 0 Å². The van der Waals surface area contributed by atoms with E-state index in [-0.39, 0.29) is 30.4 Å². The highest BCUT2D eigenvalue weighted by Crippen LogP contribution is 2.23. The van der Waals surface area contributed by atoms with Crippen LogP contribution in [0.25, 0.3) is 0 Å². The number of carbonyl (C=O) groups excluding carboxylic acids is 1. The van der Waals surface area contributed by atoms with Crippen LogP contribution >= 0.6 is 12.4 Å². The van der Waals surface area contributed by atoms with Gasteiger partial charge in [0.15, 0.2) is 0 Å². The van der Waals surface area contributed by atoms with Gasteiger partial charge < -0.3 is 10.6 Å². The molecule has 1 atom stereocenters. The highest BCUT2D eigenvalue weighted by molar-refractivity contribution is 5.85. The summed E-state index contributed by atoms with van der Waals surface area (Å²) in [6.45, 7) is 1.93. The fourth-order valence-corrected chi connectivity index (χ4v) is 2.60. The lowest BCUT2D eigenvalue weighted by atomic mass is 9.98. The van der Waals surface area contributed by atoms with E-state index >= 15 is 0 Å². The Hall–Kier alpha value is -1.84. The van der Waals surface area contributed by atoms with Crippen LogP contribution in [0.4, 0.5) is 0 Å². The molecule has 1 fully saturated rings. The lowest BCUT2D eigenvalue weighted by molar-refractivity contribution is -0.123. The van der Waals surface area contributed by atoms with Gasteiger partial charge in [0.25, 0.3) is 0 Å². The van der Waals surface area contributed by atoms with Gasteiger partial charge in [0.05, 0.1) is 12.1 Å². The minimum absolute atomic E-state index is 0. The summed E-state index contributed by atoms with van der Waals surface area (Å²) in [7, 11) is 0. The summed E-state index contributed by atoms with van der Waals surface area (Å²) in [6, 6.07) is 20.4. The van der Waals surface area contributed by atoms with E-state index in [2.05, 4.69) is 34.9 Å². The van der Waals surface area contributed by atoms with Gasteiger partial charge in [0, 0.05) is 6.04 Å². The van der Waals surface area contributed by atoms with Crippen molar-refractivity contribution in [1.29, 1.82) is 0 Å². The zero-order valence-corrected chi connectivity index (χ0v) is 14.1. The number of benzene rings is 2. The molecule has 1 amide bonds. The maximum Gasteiger partial charge on any atom is 0.237 e. The highest BCUT2D eigenvalue weighted by atomic mass is 35.5. The number of amides is 1. The van der Waals surface area contributed by atoms with Crippen LogP contribution in [0.15, 0.2) is 60.7 Å². The Balaban J connectivity index is 0.00000192. The van der Waals surface area contributed by atoms with Crippen molar-refractivity contribution in [2.75, 3.05) is 0 Å². The first-order chi connectivity index (χ1) is 10.7. The molecule has 1 aliphatic rings. The molecule has 2 N–H and O–H groups in total. The van der Waals surface area contributed by atoms with E-state index in [9.17, 15) is 4.79 Å². The first-order valence-corrected chi connectivity index (χ1v) is 7.90. The van der Waals surface area contributed by atoms with Gasteiger partial charge in [-0.1, -0.05) is 60.7 Å². The monoisotopic (exact) mass is 330 g/mol. The third-order valence-corrected chi connectivity index (χ3v) is 4.01. The molecule has 0 bridgehead atoms.